The molecule has 0 amide bonds. The molecule has 0 spiro atoms. The van der Waals surface area contributed by atoms with Crippen molar-refractivity contribution < 1.29 is 9.90 Å². The number of hydrogen-bond acceptors (Lipinski definition) is 3. The molecule has 0 aliphatic carbocycles. The first kappa shape index (κ1) is 11.7. The van der Waals surface area contributed by atoms with Gasteiger partial charge in [0, 0.05) is 23.9 Å². The molecule has 5 heteroatoms. The number of carbonyl (C=O) groups is 1. The van der Waals surface area contributed by atoms with Crippen LogP contribution >= 0.6 is 0 Å². The number of nitrogens with two attached hydrogens (primary N) is 1. The second-order valence-electron chi connectivity index (χ2n) is 4.57. The van der Waals surface area contributed by atoms with Crippen molar-refractivity contribution in [3.05, 3.63) is 18.2 Å². The van der Waals surface area contributed by atoms with E-state index in [1.165, 1.54) is 0 Å². The molecule has 5 nitrogen and oxygen atoms in total. The average molecular weight is 211 g/mol. The second kappa shape index (κ2) is 4.02. The van der Waals surface area contributed by atoms with Crippen LogP contribution in [-0.2, 0) is 16.8 Å². The van der Waals surface area contributed by atoms with Crippen molar-refractivity contribution in [1.82, 2.24) is 9.55 Å². The molecule has 0 saturated carbocycles. The number of carboxylic acid groups (broad SMARTS) is 1. The lowest BCUT2D eigenvalue weighted by molar-refractivity contribution is -0.138. The summed E-state index contributed by atoms with van der Waals surface area (Å²) in [6.07, 6.45) is 3.66. The van der Waals surface area contributed by atoms with Crippen LogP contribution in [0.1, 0.15) is 26.5 Å². The molecule has 1 rings (SSSR count). The topological polar surface area (TPSA) is 81.1 Å². The van der Waals surface area contributed by atoms with Crippen LogP contribution in [0.15, 0.2) is 12.5 Å². The smallest absolute Gasteiger partial charge is 0.320 e. The van der Waals surface area contributed by atoms with Gasteiger partial charge in [-0.3, -0.25) is 4.79 Å². The summed E-state index contributed by atoms with van der Waals surface area (Å²) in [6.45, 7) is 6.10. The van der Waals surface area contributed by atoms with Crippen LogP contribution in [0.25, 0.3) is 0 Å². The van der Waals surface area contributed by atoms with Gasteiger partial charge in [-0.1, -0.05) is 0 Å². The minimum absolute atomic E-state index is 0.107. The van der Waals surface area contributed by atoms with E-state index < -0.39 is 12.0 Å². The molecule has 1 heterocycles. The van der Waals surface area contributed by atoms with Crippen LogP contribution in [-0.4, -0.2) is 26.7 Å². The summed E-state index contributed by atoms with van der Waals surface area (Å²) in [4.78, 5) is 14.6. The third kappa shape index (κ3) is 2.79. The van der Waals surface area contributed by atoms with E-state index in [1.807, 2.05) is 25.3 Å². The minimum Gasteiger partial charge on any atom is -0.480 e. The summed E-state index contributed by atoms with van der Waals surface area (Å²) in [5.41, 5.74) is 6.22. The minimum atomic E-state index is -0.989. The molecule has 3 N–H and O–H groups in total. The Labute approximate surface area is 88.9 Å². The molecule has 15 heavy (non-hydrogen) atoms. The van der Waals surface area contributed by atoms with Crippen LogP contribution in [0.2, 0.25) is 0 Å². The lowest BCUT2D eigenvalue weighted by atomic mass is 10.1. The van der Waals surface area contributed by atoms with E-state index in [2.05, 4.69) is 4.98 Å². The highest BCUT2D eigenvalue weighted by molar-refractivity contribution is 5.73. The highest BCUT2D eigenvalue weighted by Gasteiger charge is 2.20. The first-order valence-electron chi connectivity index (χ1n) is 4.82. The van der Waals surface area contributed by atoms with Crippen LogP contribution in [0.5, 0.6) is 0 Å². The lowest BCUT2D eigenvalue weighted by Crippen LogP contribution is -2.34. The molecule has 84 valence electrons. The molecule has 0 aliphatic rings. The first-order chi connectivity index (χ1) is 6.82. The third-order valence-electron chi connectivity index (χ3n) is 2.18. The van der Waals surface area contributed by atoms with Crippen LogP contribution in [0.3, 0.4) is 0 Å². The Hall–Kier alpha value is -1.36. The maximum atomic E-state index is 10.6. The van der Waals surface area contributed by atoms with Gasteiger partial charge in [0.25, 0.3) is 0 Å². The number of rotatable bonds is 3. The molecule has 1 atom stereocenters. The summed E-state index contributed by atoms with van der Waals surface area (Å²) in [7, 11) is 0. The average Bonchev–Trinajstić information content (AvgIpc) is 2.50. The normalized spacial score (nSPS) is 13.9. The number of carboxylic acids is 1. The van der Waals surface area contributed by atoms with Crippen molar-refractivity contribution in [2.24, 2.45) is 5.73 Å². The number of aromatic nitrogens is 2. The van der Waals surface area contributed by atoms with Crippen LogP contribution in [0, 0.1) is 0 Å². The zero-order valence-electron chi connectivity index (χ0n) is 9.27. The van der Waals surface area contributed by atoms with Gasteiger partial charge in [0.2, 0.25) is 0 Å². The van der Waals surface area contributed by atoms with Crippen molar-refractivity contribution in [2.75, 3.05) is 0 Å². The van der Waals surface area contributed by atoms with Gasteiger partial charge in [0.1, 0.15) is 6.04 Å². The molecule has 1 aromatic rings. The fraction of sp³-hybridized carbons (Fsp3) is 0.600. The molecule has 1 unspecified atom stereocenters. The van der Waals surface area contributed by atoms with Crippen molar-refractivity contribution in [3.8, 4) is 0 Å². The molecule has 0 aromatic carbocycles. The Balaban J connectivity index is 2.87. The molecular weight excluding hydrogens is 194 g/mol. The highest BCUT2D eigenvalue weighted by Crippen LogP contribution is 2.17. The number of hydrogen-bond donors (Lipinski definition) is 2. The van der Waals surface area contributed by atoms with E-state index in [0.29, 0.717) is 6.42 Å². The van der Waals surface area contributed by atoms with E-state index in [4.69, 9.17) is 10.8 Å². The number of imidazole rings is 1. The predicted octanol–water partition coefficient (Wildman–Crippen LogP) is 0.592. The van der Waals surface area contributed by atoms with Gasteiger partial charge in [-0.15, -0.1) is 0 Å². The van der Waals surface area contributed by atoms with Gasteiger partial charge in [-0.05, 0) is 20.8 Å². The Morgan fingerprint density at radius 1 is 1.67 bits per heavy atom. The van der Waals surface area contributed by atoms with Gasteiger partial charge in [-0.2, -0.15) is 0 Å². The van der Waals surface area contributed by atoms with E-state index in [0.717, 1.165) is 5.69 Å². The van der Waals surface area contributed by atoms with E-state index in [9.17, 15) is 4.79 Å². The van der Waals surface area contributed by atoms with Crippen molar-refractivity contribution >= 4 is 5.97 Å². The van der Waals surface area contributed by atoms with E-state index >= 15 is 0 Å². The Kier molecular flexibility index (Phi) is 3.14. The molecule has 0 bridgehead atoms. The zero-order chi connectivity index (χ0) is 11.6. The second-order valence-corrected chi connectivity index (χ2v) is 4.57. The van der Waals surface area contributed by atoms with Gasteiger partial charge >= 0.3 is 5.97 Å². The van der Waals surface area contributed by atoms with Crippen molar-refractivity contribution in [3.63, 3.8) is 0 Å². The zero-order valence-corrected chi connectivity index (χ0v) is 9.27. The summed E-state index contributed by atoms with van der Waals surface area (Å²) >= 11 is 0. The Morgan fingerprint density at radius 3 is 2.73 bits per heavy atom. The van der Waals surface area contributed by atoms with E-state index in [1.54, 1.807) is 12.5 Å². The summed E-state index contributed by atoms with van der Waals surface area (Å²) in [5, 5.41) is 8.72. The van der Waals surface area contributed by atoms with Gasteiger partial charge in [0.15, 0.2) is 0 Å². The molecular formula is C10H17N3O2. The number of aliphatic carboxylic acids is 1. The maximum Gasteiger partial charge on any atom is 0.320 e. The van der Waals surface area contributed by atoms with Gasteiger partial charge in [-0.25, -0.2) is 4.98 Å². The quantitative estimate of drug-likeness (QED) is 0.766. The van der Waals surface area contributed by atoms with E-state index in [-0.39, 0.29) is 5.54 Å². The fourth-order valence-electron chi connectivity index (χ4n) is 1.39. The summed E-state index contributed by atoms with van der Waals surface area (Å²) < 4.78 is 1.94. The molecule has 0 aliphatic heterocycles. The number of nitrogens with zero attached hydrogens (tertiary/aromatic N) is 2. The maximum absolute atomic E-state index is 10.6. The third-order valence-corrected chi connectivity index (χ3v) is 2.18. The summed E-state index contributed by atoms with van der Waals surface area (Å²) in [5.74, 6) is -0.989. The Morgan fingerprint density at radius 2 is 2.27 bits per heavy atom. The predicted molar refractivity (Wildman–Crippen MR) is 56.5 cm³/mol. The SMILES string of the molecule is CC(C)(C)n1cncc1CC(N)C(=O)O. The largest absolute Gasteiger partial charge is 0.480 e. The molecule has 0 radical (unpaired) electrons. The van der Waals surface area contributed by atoms with Crippen molar-refractivity contribution in [2.45, 2.75) is 38.8 Å². The van der Waals surface area contributed by atoms with Gasteiger partial charge in [0.05, 0.1) is 6.33 Å². The Bertz CT molecular complexity index is 352. The van der Waals surface area contributed by atoms with Crippen LogP contribution in [0.4, 0.5) is 0 Å². The molecule has 0 fully saturated rings. The fourth-order valence-corrected chi connectivity index (χ4v) is 1.39. The first-order valence-corrected chi connectivity index (χ1v) is 4.82. The lowest BCUT2D eigenvalue weighted by Gasteiger charge is -2.24. The molecule has 1 aromatic heterocycles. The molecule has 0 saturated heterocycles. The van der Waals surface area contributed by atoms with Crippen LogP contribution < -0.4 is 5.73 Å². The van der Waals surface area contributed by atoms with Crippen molar-refractivity contribution in [1.29, 1.82) is 0 Å². The van der Waals surface area contributed by atoms with Gasteiger partial charge < -0.3 is 15.4 Å². The monoisotopic (exact) mass is 211 g/mol. The highest BCUT2D eigenvalue weighted by atomic mass is 16.4. The summed E-state index contributed by atoms with van der Waals surface area (Å²) in [6, 6.07) is -0.872. The standard InChI is InChI=1S/C10H17N3O2/c1-10(2,3)13-6-12-5-7(13)4-8(11)9(14)15/h5-6,8H,4,11H2,1-3H3,(H,14,15).